The van der Waals surface area contributed by atoms with Crippen LogP contribution in [0.3, 0.4) is 0 Å². The minimum absolute atomic E-state index is 0.0187. The van der Waals surface area contributed by atoms with Crippen LogP contribution in [0.4, 0.5) is 0 Å². The maximum atomic E-state index is 11.3. The monoisotopic (exact) mass is 225 g/mol. The SMILES string of the molecule is CC(=O)N1C[C@@H](C)O[C@@H](c2nc(C)no2)C1. The van der Waals surface area contributed by atoms with Crippen molar-refractivity contribution in [2.75, 3.05) is 13.1 Å². The van der Waals surface area contributed by atoms with Gasteiger partial charge < -0.3 is 14.2 Å². The Bertz CT molecular complexity index is 390. The van der Waals surface area contributed by atoms with E-state index in [2.05, 4.69) is 10.1 Å². The van der Waals surface area contributed by atoms with Crippen molar-refractivity contribution in [3.8, 4) is 0 Å². The van der Waals surface area contributed by atoms with E-state index in [0.29, 0.717) is 24.8 Å². The number of nitrogens with zero attached hydrogens (tertiary/aromatic N) is 3. The standard InChI is InChI=1S/C10H15N3O3/c1-6-4-13(8(3)14)5-9(15-6)10-11-7(2)12-16-10/h6,9H,4-5H2,1-3H3/t6-,9-/m1/s1. The third kappa shape index (κ3) is 2.21. The first-order valence-corrected chi connectivity index (χ1v) is 5.27. The molecule has 1 aromatic rings. The van der Waals surface area contributed by atoms with Gasteiger partial charge >= 0.3 is 0 Å². The normalized spacial score (nSPS) is 25.8. The Morgan fingerprint density at radius 1 is 1.50 bits per heavy atom. The molecule has 0 spiro atoms. The van der Waals surface area contributed by atoms with Crippen molar-refractivity contribution in [1.29, 1.82) is 0 Å². The zero-order chi connectivity index (χ0) is 11.7. The maximum Gasteiger partial charge on any atom is 0.257 e. The Hall–Kier alpha value is -1.43. The number of hydrogen-bond donors (Lipinski definition) is 0. The molecule has 6 heteroatoms. The van der Waals surface area contributed by atoms with Crippen LogP contribution in [0.5, 0.6) is 0 Å². The van der Waals surface area contributed by atoms with E-state index in [1.54, 1.807) is 18.7 Å². The molecule has 16 heavy (non-hydrogen) atoms. The van der Waals surface area contributed by atoms with Crippen LogP contribution in [-0.2, 0) is 9.53 Å². The topological polar surface area (TPSA) is 68.5 Å². The second-order valence-corrected chi connectivity index (χ2v) is 4.04. The molecule has 1 fully saturated rings. The van der Waals surface area contributed by atoms with E-state index >= 15 is 0 Å². The summed E-state index contributed by atoms with van der Waals surface area (Å²) in [6, 6.07) is 0. The minimum Gasteiger partial charge on any atom is -0.362 e. The van der Waals surface area contributed by atoms with Crippen molar-refractivity contribution in [2.24, 2.45) is 0 Å². The fourth-order valence-corrected chi connectivity index (χ4v) is 1.79. The van der Waals surface area contributed by atoms with Gasteiger partial charge in [0, 0.05) is 13.5 Å². The number of carbonyl (C=O) groups is 1. The number of carbonyl (C=O) groups excluding carboxylic acids is 1. The van der Waals surface area contributed by atoms with Gasteiger partial charge in [0.1, 0.15) is 0 Å². The van der Waals surface area contributed by atoms with Gasteiger partial charge in [-0.1, -0.05) is 5.16 Å². The lowest BCUT2D eigenvalue weighted by atomic mass is 10.2. The van der Waals surface area contributed by atoms with E-state index in [1.807, 2.05) is 6.92 Å². The summed E-state index contributed by atoms with van der Waals surface area (Å²) in [5.74, 6) is 1.05. The third-order valence-electron chi connectivity index (χ3n) is 2.52. The van der Waals surface area contributed by atoms with E-state index in [9.17, 15) is 4.79 Å². The highest BCUT2D eigenvalue weighted by atomic mass is 16.5. The summed E-state index contributed by atoms with van der Waals surface area (Å²) < 4.78 is 10.7. The smallest absolute Gasteiger partial charge is 0.257 e. The molecule has 1 aliphatic rings. The molecule has 0 aliphatic carbocycles. The van der Waals surface area contributed by atoms with Crippen molar-refractivity contribution in [2.45, 2.75) is 33.0 Å². The summed E-state index contributed by atoms with van der Waals surface area (Å²) in [6.45, 7) is 6.31. The van der Waals surface area contributed by atoms with E-state index in [4.69, 9.17) is 9.26 Å². The summed E-state index contributed by atoms with van der Waals surface area (Å²) in [5.41, 5.74) is 0. The Labute approximate surface area is 93.6 Å². The van der Waals surface area contributed by atoms with Crippen molar-refractivity contribution in [3.63, 3.8) is 0 Å². The Morgan fingerprint density at radius 3 is 2.81 bits per heavy atom. The van der Waals surface area contributed by atoms with Crippen LogP contribution >= 0.6 is 0 Å². The summed E-state index contributed by atoms with van der Waals surface area (Å²) in [7, 11) is 0. The first-order valence-electron chi connectivity index (χ1n) is 5.27. The molecule has 1 aliphatic heterocycles. The highest BCUT2D eigenvalue weighted by molar-refractivity contribution is 5.73. The molecule has 0 unspecified atom stereocenters. The molecule has 0 aromatic carbocycles. The van der Waals surface area contributed by atoms with Gasteiger partial charge in [0.15, 0.2) is 11.9 Å². The van der Waals surface area contributed by atoms with Crippen LogP contribution in [0, 0.1) is 6.92 Å². The highest BCUT2D eigenvalue weighted by Crippen LogP contribution is 2.23. The molecule has 88 valence electrons. The van der Waals surface area contributed by atoms with Gasteiger partial charge in [-0.25, -0.2) is 0 Å². The molecule has 1 amide bonds. The lowest BCUT2D eigenvalue weighted by Gasteiger charge is -2.34. The zero-order valence-electron chi connectivity index (χ0n) is 9.64. The lowest BCUT2D eigenvalue weighted by molar-refractivity contribution is -0.144. The summed E-state index contributed by atoms with van der Waals surface area (Å²) in [4.78, 5) is 17.2. The van der Waals surface area contributed by atoms with Gasteiger partial charge in [0.25, 0.3) is 5.89 Å². The van der Waals surface area contributed by atoms with Crippen LogP contribution in [0.15, 0.2) is 4.52 Å². The number of morpholine rings is 1. The van der Waals surface area contributed by atoms with Crippen molar-refractivity contribution in [3.05, 3.63) is 11.7 Å². The summed E-state index contributed by atoms with van der Waals surface area (Å²) in [6.07, 6.45) is -0.330. The number of aromatic nitrogens is 2. The Morgan fingerprint density at radius 2 is 2.25 bits per heavy atom. The first-order chi connectivity index (χ1) is 7.56. The third-order valence-corrected chi connectivity index (χ3v) is 2.52. The minimum atomic E-state index is -0.311. The average Bonchev–Trinajstić information content (AvgIpc) is 2.64. The lowest BCUT2D eigenvalue weighted by Crippen LogP contribution is -2.45. The van der Waals surface area contributed by atoms with Crippen LogP contribution in [0.25, 0.3) is 0 Å². The summed E-state index contributed by atoms with van der Waals surface area (Å²) in [5, 5.41) is 3.72. The molecule has 0 N–H and O–H groups in total. The molecule has 1 saturated heterocycles. The fraction of sp³-hybridized carbons (Fsp3) is 0.700. The summed E-state index contributed by atoms with van der Waals surface area (Å²) >= 11 is 0. The van der Waals surface area contributed by atoms with Crippen molar-refractivity contribution in [1.82, 2.24) is 15.0 Å². The van der Waals surface area contributed by atoms with Gasteiger partial charge in [-0.2, -0.15) is 4.98 Å². The Kier molecular flexibility index (Phi) is 2.91. The van der Waals surface area contributed by atoms with E-state index in [-0.39, 0.29) is 18.1 Å². The quantitative estimate of drug-likeness (QED) is 0.703. The molecule has 0 radical (unpaired) electrons. The van der Waals surface area contributed by atoms with Crippen LogP contribution < -0.4 is 0 Å². The molecule has 2 atom stereocenters. The largest absolute Gasteiger partial charge is 0.362 e. The fourth-order valence-electron chi connectivity index (χ4n) is 1.79. The highest BCUT2D eigenvalue weighted by Gasteiger charge is 2.31. The Balaban J connectivity index is 2.13. The number of rotatable bonds is 1. The molecular weight excluding hydrogens is 210 g/mol. The molecular formula is C10H15N3O3. The molecule has 2 heterocycles. The second-order valence-electron chi connectivity index (χ2n) is 4.04. The molecule has 0 bridgehead atoms. The van der Waals surface area contributed by atoms with E-state index in [1.165, 1.54) is 0 Å². The zero-order valence-corrected chi connectivity index (χ0v) is 9.64. The number of hydrogen-bond acceptors (Lipinski definition) is 5. The van der Waals surface area contributed by atoms with Crippen LogP contribution in [0.2, 0.25) is 0 Å². The predicted octanol–water partition coefficient (Wildman–Crippen LogP) is 0.686. The van der Waals surface area contributed by atoms with E-state index < -0.39 is 0 Å². The molecule has 6 nitrogen and oxygen atoms in total. The number of ether oxygens (including phenoxy) is 1. The van der Waals surface area contributed by atoms with Gasteiger partial charge in [0.05, 0.1) is 12.6 Å². The molecule has 0 saturated carbocycles. The predicted molar refractivity (Wildman–Crippen MR) is 54.6 cm³/mol. The second kappa shape index (κ2) is 4.21. The van der Waals surface area contributed by atoms with Crippen LogP contribution in [0.1, 0.15) is 31.7 Å². The number of aryl methyl sites for hydroxylation is 1. The number of amides is 1. The molecule has 1 aromatic heterocycles. The molecule has 2 rings (SSSR count). The van der Waals surface area contributed by atoms with Crippen molar-refractivity contribution >= 4 is 5.91 Å². The van der Waals surface area contributed by atoms with Crippen molar-refractivity contribution < 1.29 is 14.1 Å². The van der Waals surface area contributed by atoms with Gasteiger partial charge in [-0.3, -0.25) is 4.79 Å². The van der Waals surface area contributed by atoms with Gasteiger partial charge in [0.2, 0.25) is 5.91 Å². The first kappa shape index (κ1) is 11.1. The van der Waals surface area contributed by atoms with Gasteiger partial charge in [-0.15, -0.1) is 0 Å². The van der Waals surface area contributed by atoms with Crippen LogP contribution in [-0.4, -0.2) is 40.1 Å². The van der Waals surface area contributed by atoms with E-state index in [0.717, 1.165) is 0 Å². The van der Waals surface area contributed by atoms with Gasteiger partial charge in [-0.05, 0) is 13.8 Å². The maximum absolute atomic E-state index is 11.3. The average molecular weight is 225 g/mol.